The van der Waals surface area contributed by atoms with Gasteiger partial charge < -0.3 is 15.2 Å². The number of benzene rings is 1. The number of nitrogens with one attached hydrogen (secondary N) is 1. The Hall–Kier alpha value is -2.34. The third-order valence-electron chi connectivity index (χ3n) is 3.38. The fourth-order valence-electron chi connectivity index (χ4n) is 2.30. The Kier molecular flexibility index (Phi) is 5.98. The first kappa shape index (κ1) is 18.0. The minimum atomic E-state index is -1.06. The number of hydrogen-bond acceptors (Lipinski definition) is 4. The summed E-state index contributed by atoms with van der Waals surface area (Å²) in [7, 11) is 0. The van der Waals surface area contributed by atoms with Crippen molar-refractivity contribution in [3.8, 4) is 5.75 Å². The summed E-state index contributed by atoms with van der Waals surface area (Å²) in [6.07, 6.45) is 1.96. The van der Waals surface area contributed by atoms with E-state index >= 15 is 0 Å². The summed E-state index contributed by atoms with van der Waals surface area (Å²) in [4.78, 5) is 27.4. The number of carbonyl (C=O) groups is 2. The lowest BCUT2D eigenvalue weighted by Crippen LogP contribution is -2.43. The van der Waals surface area contributed by atoms with Gasteiger partial charge in [0, 0.05) is 11.6 Å². The number of amides is 1. The van der Waals surface area contributed by atoms with Crippen molar-refractivity contribution in [3.63, 3.8) is 0 Å². The minimum Gasteiger partial charge on any atom is -0.481 e. The van der Waals surface area contributed by atoms with Crippen LogP contribution in [0.15, 0.2) is 30.5 Å². The van der Waals surface area contributed by atoms with Crippen molar-refractivity contribution in [2.75, 3.05) is 6.61 Å². The molecule has 128 valence electrons. The Morgan fingerprint density at radius 1 is 1.33 bits per heavy atom. The second-order valence-corrected chi connectivity index (χ2v) is 6.23. The summed E-state index contributed by atoms with van der Waals surface area (Å²) in [6.45, 7) is 3.49. The molecular weight excluding hydrogens is 332 g/mol. The molecule has 0 bridgehead atoms. The topological polar surface area (TPSA) is 88.5 Å². The molecule has 0 saturated carbocycles. The van der Waals surface area contributed by atoms with E-state index in [-0.39, 0.29) is 12.5 Å². The summed E-state index contributed by atoms with van der Waals surface area (Å²) in [5.41, 5.74) is 0.551. The number of aliphatic carboxylic acids is 1. The molecule has 2 aromatic rings. The molecule has 2 N–H and O–H groups in total. The van der Waals surface area contributed by atoms with Crippen LogP contribution in [0.2, 0.25) is 5.02 Å². The van der Waals surface area contributed by atoms with Gasteiger partial charge in [0.05, 0.1) is 5.02 Å². The van der Waals surface area contributed by atoms with Crippen molar-refractivity contribution in [1.29, 1.82) is 0 Å². The lowest BCUT2D eigenvalue weighted by Gasteiger charge is -2.17. The predicted molar refractivity (Wildman–Crippen MR) is 91.3 cm³/mol. The van der Waals surface area contributed by atoms with Crippen molar-refractivity contribution in [1.82, 2.24) is 10.3 Å². The second-order valence-electron chi connectivity index (χ2n) is 5.82. The van der Waals surface area contributed by atoms with E-state index < -0.39 is 17.9 Å². The Bertz CT molecular complexity index is 748. The third kappa shape index (κ3) is 4.58. The smallest absolute Gasteiger partial charge is 0.326 e. The van der Waals surface area contributed by atoms with Gasteiger partial charge in [-0.15, -0.1) is 0 Å². The molecule has 0 radical (unpaired) electrons. The quantitative estimate of drug-likeness (QED) is 0.801. The van der Waals surface area contributed by atoms with Crippen molar-refractivity contribution >= 4 is 34.4 Å². The molecule has 0 spiro atoms. The van der Waals surface area contributed by atoms with E-state index in [1.807, 2.05) is 13.8 Å². The van der Waals surface area contributed by atoms with Crippen LogP contribution in [0.25, 0.3) is 10.9 Å². The van der Waals surface area contributed by atoms with E-state index in [1.165, 1.54) is 0 Å². The largest absolute Gasteiger partial charge is 0.481 e. The van der Waals surface area contributed by atoms with Gasteiger partial charge in [-0.2, -0.15) is 0 Å². The summed E-state index contributed by atoms with van der Waals surface area (Å²) >= 11 is 6.10. The first-order chi connectivity index (χ1) is 11.4. The molecule has 1 atom stereocenters. The van der Waals surface area contributed by atoms with E-state index in [0.29, 0.717) is 22.7 Å². The molecule has 2 rings (SSSR count). The monoisotopic (exact) mass is 350 g/mol. The zero-order valence-corrected chi connectivity index (χ0v) is 14.2. The maximum absolute atomic E-state index is 12.0. The van der Waals surface area contributed by atoms with Crippen molar-refractivity contribution in [2.45, 2.75) is 26.3 Å². The minimum absolute atomic E-state index is 0.150. The number of pyridine rings is 1. The molecular formula is C17H19ClN2O4. The van der Waals surface area contributed by atoms with Crippen LogP contribution in [0, 0.1) is 5.92 Å². The number of nitrogens with zero attached hydrogens (tertiary/aromatic N) is 1. The number of fused-ring (bicyclic) bond motifs is 1. The molecule has 6 nitrogen and oxygen atoms in total. The fraction of sp³-hybridized carbons (Fsp3) is 0.353. The zero-order valence-electron chi connectivity index (χ0n) is 13.5. The number of ether oxygens (including phenoxy) is 1. The average Bonchev–Trinajstić information content (AvgIpc) is 2.53. The number of carboxylic acid groups (broad SMARTS) is 1. The van der Waals surface area contributed by atoms with E-state index in [4.69, 9.17) is 21.4 Å². The Morgan fingerprint density at radius 3 is 2.75 bits per heavy atom. The summed E-state index contributed by atoms with van der Waals surface area (Å²) < 4.78 is 5.50. The van der Waals surface area contributed by atoms with E-state index in [0.717, 1.165) is 5.39 Å². The molecule has 0 saturated heterocycles. The third-order valence-corrected chi connectivity index (χ3v) is 3.71. The molecule has 1 unspecified atom stereocenters. The number of carboxylic acids is 1. The molecule has 1 aromatic carbocycles. The molecule has 0 aliphatic rings. The molecule has 0 aliphatic heterocycles. The second kappa shape index (κ2) is 7.97. The highest BCUT2D eigenvalue weighted by molar-refractivity contribution is 6.35. The molecule has 1 aromatic heterocycles. The standard InChI is InChI=1S/C17H19ClN2O4/c1-10(2)8-13(17(22)23)20-15(21)9-24-14-6-5-12(18)11-4-3-7-19-16(11)14/h3-7,10,13H,8-9H2,1-2H3,(H,20,21)(H,22,23). The van der Waals surface area contributed by atoms with Gasteiger partial charge >= 0.3 is 5.97 Å². The molecule has 24 heavy (non-hydrogen) atoms. The van der Waals surface area contributed by atoms with Gasteiger partial charge in [-0.3, -0.25) is 9.78 Å². The van der Waals surface area contributed by atoms with Gasteiger partial charge in [-0.25, -0.2) is 4.79 Å². The Labute approximate surface area is 144 Å². The maximum Gasteiger partial charge on any atom is 0.326 e. The van der Waals surface area contributed by atoms with Crippen LogP contribution in [0.3, 0.4) is 0 Å². The summed E-state index contributed by atoms with van der Waals surface area (Å²) in [5, 5.41) is 12.9. The normalized spacial score (nSPS) is 12.2. The predicted octanol–water partition coefficient (Wildman–Crippen LogP) is 2.88. The lowest BCUT2D eigenvalue weighted by atomic mass is 10.0. The van der Waals surface area contributed by atoms with E-state index in [2.05, 4.69) is 10.3 Å². The first-order valence-corrected chi connectivity index (χ1v) is 7.94. The van der Waals surface area contributed by atoms with Gasteiger partial charge in [0.2, 0.25) is 0 Å². The Balaban J connectivity index is 2.04. The number of aromatic nitrogens is 1. The SMILES string of the molecule is CC(C)CC(NC(=O)COc1ccc(Cl)c2cccnc12)C(=O)O. The van der Waals surface area contributed by atoms with Gasteiger partial charge in [0.15, 0.2) is 6.61 Å². The average molecular weight is 351 g/mol. The number of hydrogen-bond donors (Lipinski definition) is 2. The van der Waals surface area contributed by atoms with Gasteiger partial charge in [0.25, 0.3) is 5.91 Å². The van der Waals surface area contributed by atoms with Gasteiger partial charge in [-0.1, -0.05) is 25.4 Å². The van der Waals surface area contributed by atoms with Crippen LogP contribution in [0.4, 0.5) is 0 Å². The number of carbonyl (C=O) groups excluding carboxylic acids is 1. The van der Waals surface area contributed by atoms with Crippen LogP contribution < -0.4 is 10.1 Å². The summed E-state index contributed by atoms with van der Waals surface area (Å²) in [5.74, 6) is -0.990. The zero-order chi connectivity index (χ0) is 17.7. The maximum atomic E-state index is 12.0. The van der Waals surface area contributed by atoms with Crippen molar-refractivity contribution in [3.05, 3.63) is 35.5 Å². The van der Waals surface area contributed by atoms with Crippen LogP contribution >= 0.6 is 11.6 Å². The molecule has 0 fully saturated rings. The van der Waals surface area contributed by atoms with Crippen molar-refractivity contribution in [2.24, 2.45) is 5.92 Å². The van der Waals surface area contributed by atoms with E-state index in [1.54, 1.807) is 30.5 Å². The highest BCUT2D eigenvalue weighted by Gasteiger charge is 2.21. The lowest BCUT2D eigenvalue weighted by molar-refractivity contribution is -0.142. The number of rotatable bonds is 7. The molecule has 7 heteroatoms. The van der Waals surface area contributed by atoms with Gasteiger partial charge in [-0.05, 0) is 36.6 Å². The fourth-order valence-corrected chi connectivity index (χ4v) is 2.52. The summed E-state index contributed by atoms with van der Waals surface area (Å²) in [6, 6.07) is 5.93. The highest BCUT2D eigenvalue weighted by Crippen LogP contribution is 2.29. The molecule has 0 aliphatic carbocycles. The molecule has 1 amide bonds. The first-order valence-electron chi connectivity index (χ1n) is 7.56. The van der Waals surface area contributed by atoms with Crippen molar-refractivity contribution < 1.29 is 19.4 Å². The number of halogens is 1. The van der Waals surface area contributed by atoms with Crippen LogP contribution in [-0.4, -0.2) is 34.6 Å². The Morgan fingerprint density at radius 2 is 2.08 bits per heavy atom. The molecule has 1 heterocycles. The van der Waals surface area contributed by atoms with Crippen LogP contribution in [0.1, 0.15) is 20.3 Å². The van der Waals surface area contributed by atoms with E-state index in [9.17, 15) is 9.59 Å². The van der Waals surface area contributed by atoms with Crippen LogP contribution in [-0.2, 0) is 9.59 Å². The highest BCUT2D eigenvalue weighted by atomic mass is 35.5. The van der Waals surface area contributed by atoms with Gasteiger partial charge in [0.1, 0.15) is 17.3 Å². The van der Waals surface area contributed by atoms with Crippen LogP contribution in [0.5, 0.6) is 5.75 Å².